The maximum Gasteiger partial charge on any atom is 0.161 e. The normalized spacial score (nSPS) is 10.4. The summed E-state index contributed by atoms with van der Waals surface area (Å²) in [6.45, 7) is 2.71. The lowest BCUT2D eigenvalue weighted by Crippen LogP contribution is -2.02. The molecular formula is C12H10BrClFN3. The van der Waals surface area contributed by atoms with E-state index >= 15 is 0 Å². The largest absolute Gasteiger partial charge is 0.369 e. The summed E-state index contributed by atoms with van der Waals surface area (Å²) in [7, 11) is 0. The quantitative estimate of drug-likeness (QED) is 0.919. The minimum absolute atomic E-state index is 0.0859. The molecule has 0 aliphatic carbocycles. The fraction of sp³-hybridized carbons (Fsp3) is 0.167. The molecule has 0 amide bonds. The molecule has 2 aromatic rings. The first-order valence-electron chi connectivity index (χ1n) is 5.33. The van der Waals surface area contributed by atoms with Gasteiger partial charge in [-0.15, -0.1) is 0 Å². The molecule has 18 heavy (non-hydrogen) atoms. The zero-order valence-electron chi connectivity index (χ0n) is 9.54. The second-order valence-electron chi connectivity index (χ2n) is 3.55. The van der Waals surface area contributed by atoms with E-state index < -0.39 is 5.82 Å². The van der Waals surface area contributed by atoms with Gasteiger partial charge >= 0.3 is 0 Å². The van der Waals surface area contributed by atoms with E-state index in [-0.39, 0.29) is 5.02 Å². The summed E-state index contributed by atoms with van der Waals surface area (Å²) in [6.07, 6.45) is 1.63. The third kappa shape index (κ3) is 2.79. The van der Waals surface area contributed by atoms with Crippen molar-refractivity contribution in [1.82, 2.24) is 9.97 Å². The smallest absolute Gasteiger partial charge is 0.161 e. The van der Waals surface area contributed by atoms with E-state index in [2.05, 4.69) is 31.2 Å². The molecule has 0 aliphatic heterocycles. The Kier molecular flexibility index (Phi) is 4.14. The highest BCUT2D eigenvalue weighted by atomic mass is 79.9. The summed E-state index contributed by atoms with van der Waals surface area (Å²) >= 11 is 8.99. The first kappa shape index (κ1) is 13.2. The number of benzene rings is 1. The molecule has 94 valence electrons. The number of nitrogens with one attached hydrogen (secondary N) is 1. The van der Waals surface area contributed by atoms with Crippen molar-refractivity contribution in [2.75, 3.05) is 11.9 Å². The second kappa shape index (κ2) is 5.63. The predicted molar refractivity (Wildman–Crippen MR) is 74.3 cm³/mol. The Bertz CT molecular complexity index is 577. The zero-order chi connectivity index (χ0) is 13.1. The van der Waals surface area contributed by atoms with Crippen LogP contribution in [0.3, 0.4) is 0 Å². The maximum atomic E-state index is 13.4. The highest BCUT2D eigenvalue weighted by molar-refractivity contribution is 9.10. The van der Waals surface area contributed by atoms with Crippen LogP contribution in [0.5, 0.6) is 0 Å². The molecule has 0 saturated heterocycles. The molecule has 0 unspecified atom stereocenters. The van der Waals surface area contributed by atoms with Gasteiger partial charge < -0.3 is 5.32 Å². The third-order valence-corrected chi connectivity index (χ3v) is 3.15. The Morgan fingerprint density at radius 2 is 2.22 bits per heavy atom. The van der Waals surface area contributed by atoms with Crippen molar-refractivity contribution in [3.05, 3.63) is 39.7 Å². The summed E-state index contributed by atoms with van der Waals surface area (Å²) in [5.74, 6) is 0.647. The van der Waals surface area contributed by atoms with E-state index in [0.717, 1.165) is 11.0 Å². The van der Waals surface area contributed by atoms with E-state index in [1.165, 1.54) is 12.1 Å². The number of hydrogen-bond acceptors (Lipinski definition) is 3. The fourth-order valence-corrected chi connectivity index (χ4v) is 1.88. The molecule has 0 spiro atoms. The van der Waals surface area contributed by atoms with Crippen LogP contribution in [0.4, 0.5) is 10.2 Å². The number of nitrogens with zero attached hydrogens (tertiary/aromatic N) is 2. The molecule has 0 atom stereocenters. The minimum atomic E-state index is -0.481. The Labute approximate surface area is 118 Å². The highest BCUT2D eigenvalue weighted by Gasteiger charge is 2.08. The van der Waals surface area contributed by atoms with E-state index in [9.17, 15) is 4.39 Å². The number of anilines is 1. The molecule has 0 bridgehead atoms. The Balaban J connectivity index is 2.44. The average Bonchev–Trinajstić information content (AvgIpc) is 2.36. The SMILES string of the molecule is CCNc1nc(-c2ccc(Cl)c(F)c2)ncc1Br. The number of aromatic nitrogens is 2. The van der Waals surface area contributed by atoms with Gasteiger partial charge in [-0.2, -0.15) is 0 Å². The highest BCUT2D eigenvalue weighted by Crippen LogP contribution is 2.25. The molecule has 1 heterocycles. The maximum absolute atomic E-state index is 13.4. The van der Waals surface area contributed by atoms with E-state index in [1.54, 1.807) is 12.3 Å². The molecule has 0 fully saturated rings. The fourth-order valence-electron chi connectivity index (χ4n) is 1.43. The van der Waals surface area contributed by atoms with E-state index in [1.807, 2.05) is 6.92 Å². The number of hydrogen-bond donors (Lipinski definition) is 1. The second-order valence-corrected chi connectivity index (χ2v) is 4.81. The van der Waals surface area contributed by atoms with Crippen LogP contribution in [0.25, 0.3) is 11.4 Å². The van der Waals surface area contributed by atoms with Gasteiger partial charge in [-0.1, -0.05) is 11.6 Å². The van der Waals surface area contributed by atoms with Crippen LogP contribution in [0.2, 0.25) is 5.02 Å². The summed E-state index contributed by atoms with van der Waals surface area (Å²) in [5, 5.41) is 3.18. The molecule has 6 heteroatoms. The van der Waals surface area contributed by atoms with Crippen molar-refractivity contribution < 1.29 is 4.39 Å². The van der Waals surface area contributed by atoms with Crippen LogP contribution in [0.1, 0.15) is 6.92 Å². The molecule has 3 nitrogen and oxygen atoms in total. The van der Waals surface area contributed by atoms with Gasteiger partial charge in [-0.3, -0.25) is 0 Å². The minimum Gasteiger partial charge on any atom is -0.369 e. The topological polar surface area (TPSA) is 37.8 Å². The summed E-state index contributed by atoms with van der Waals surface area (Å²) in [6, 6.07) is 4.50. The van der Waals surface area contributed by atoms with Crippen molar-refractivity contribution in [1.29, 1.82) is 0 Å². The average molecular weight is 331 g/mol. The lowest BCUT2D eigenvalue weighted by Gasteiger charge is -2.07. The monoisotopic (exact) mass is 329 g/mol. The summed E-state index contributed by atoms with van der Waals surface area (Å²) < 4.78 is 14.1. The standard InChI is InChI=1S/C12H10BrClFN3/c1-2-16-12-8(13)6-17-11(18-12)7-3-4-9(14)10(15)5-7/h3-6H,2H2,1H3,(H,16,17,18). The summed E-state index contributed by atoms with van der Waals surface area (Å²) in [5.41, 5.74) is 0.587. The van der Waals surface area contributed by atoms with Gasteiger partial charge in [0, 0.05) is 18.3 Å². The molecule has 0 aliphatic rings. The van der Waals surface area contributed by atoms with Crippen molar-refractivity contribution in [2.24, 2.45) is 0 Å². The van der Waals surface area contributed by atoms with E-state index in [0.29, 0.717) is 17.2 Å². The van der Waals surface area contributed by atoms with Crippen molar-refractivity contribution in [3.63, 3.8) is 0 Å². The van der Waals surface area contributed by atoms with Crippen molar-refractivity contribution in [3.8, 4) is 11.4 Å². The van der Waals surface area contributed by atoms with Crippen LogP contribution < -0.4 is 5.32 Å². The molecule has 0 saturated carbocycles. The Morgan fingerprint density at radius 3 is 2.89 bits per heavy atom. The van der Waals surface area contributed by atoms with Crippen LogP contribution in [-0.4, -0.2) is 16.5 Å². The van der Waals surface area contributed by atoms with Gasteiger partial charge in [0.15, 0.2) is 5.82 Å². The molecule has 1 aromatic heterocycles. The molecular weight excluding hydrogens is 321 g/mol. The lowest BCUT2D eigenvalue weighted by atomic mass is 10.2. The van der Waals surface area contributed by atoms with Crippen molar-refractivity contribution >= 4 is 33.3 Å². The molecule has 2 rings (SSSR count). The van der Waals surface area contributed by atoms with Gasteiger partial charge in [0.2, 0.25) is 0 Å². The summed E-state index contributed by atoms with van der Waals surface area (Å²) in [4.78, 5) is 8.48. The first-order chi connectivity index (χ1) is 8.61. The number of rotatable bonds is 3. The third-order valence-electron chi connectivity index (χ3n) is 2.27. The van der Waals surface area contributed by atoms with Gasteiger partial charge in [0.05, 0.1) is 9.50 Å². The van der Waals surface area contributed by atoms with Gasteiger partial charge in [-0.05, 0) is 41.1 Å². The van der Waals surface area contributed by atoms with Crippen LogP contribution in [0.15, 0.2) is 28.9 Å². The first-order valence-corrected chi connectivity index (χ1v) is 6.50. The van der Waals surface area contributed by atoms with Crippen LogP contribution in [0, 0.1) is 5.82 Å². The predicted octanol–water partition coefficient (Wildman–Crippen LogP) is 4.13. The molecule has 0 radical (unpaired) electrons. The van der Waals surface area contributed by atoms with E-state index in [4.69, 9.17) is 11.6 Å². The van der Waals surface area contributed by atoms with Crippen LogP contribution in [-0.2, 0) is 0 Å². The number of halogens is 3. The van der Waals surface area contributed by atoms with Gasteiger partial charge in [-0.25, -0.2) is 14.4 Å². The Morgan fingerprint density at radius 1 is 1.44 bits per heavy atom. The molecule has 1 aromatic carbocycles. The molecule has 1 N–H and O–H groups in total. The van der Waals surface area contributed by atoms with Crippen molar-refractivity contribution in [2.45, 2.75) is 6.92 Å². The zero-order valence-corrected chi connectivity index (χ0v) is 11.9. The van der Waals surface area contributed by atoms with Gasteiger partial charge in [0.25, 0.3) is 0 Å². The lowest BCUT2D eigenvalue weighted by molar-refractivity contribution is 0.628. The Hall–Kier alpha value is -1.20. The van der Waals surface area contributed by atoms with Crippen LogP contribution >= 0.6 is 27.5 Å². The van der Waals surface area contributed by atoms with Gasteiger partial charge in [0.1, 0.15) is 11.6 Å².